The van der Waals surface area contributed by atoms with Crippen LogP contribution in [0.3, 0.4) is 0 Å². The molecule has 0 saturated heterocycles. The molecule has 1 rings (SSSR count). The Morgan fingerprint density at radius 2 is 1.55 bits per heavy atom. The van der Waals surface area contributed by atoms with Gasteiger partial charge in [-0.2, -0.15) is 4.21 Å². The molecular formula is C6H13NaO3S. The van der Waals surface area contributed by atoms with E-state index in [0.29, 0.717) is 0 Å². The predicted octanol–water partition coefficient (Wildman–Crippen LogP) is 1.59. The van der Waals surface area contributed by atoms with E-state index in [9.17, 15) is 0 Å². The molecule has 11 heavy (non-hydrogen) atoms. The molecule has 0 aliphatic heterocycles. The van der Waals surface area contributed by atoms with Crippen LogP contribution in [0.2, 0.25) is 3.17 Å². The molecule has 0 heterocycles. The molecule has 0 atom stereocenters. The second-order valence-electron chi connectivity index (χ2n) is 2.97. The van der Waals surface area contributed by atoms with Crippen LogP contribution in [0.1, 0.15) is 32.1 Å². The molecule has 1 aliphatic carbocycles. The molecule has 62 valence electrons. The fraction of sp³-hybridized carbons (Fsp3) is 1.00. The van der Waals surface area contributed by atoms with Crippen LogP contribution in [0, 0.1) is 0 Å². The van der Waals surface area contributed by atoms with Crippen LogP contribution >= 0.6 is 0 Å². The zero-order chi connectivity index (χ0) is 8.69. The van der Waals surface area contributed by atoms with Gasteiger partial charge in [-0.1, -0.05) is 0 Å². The summed E-state index contributed by atoms with van der Waals surface area (Å²) in [7, 11) is 0. The van der Waals surface area contributed by atoms with E-state index in [1.165, 1.54) is 50.4 Å². The Balaban J connectivity index is 0.000000218. The van der Waals surface area contributed by atoms with E-state index >= 15 is 0 Å². The van der Waals surface area contributed by atoms with Crippen molar-refractivity contribution in [3.8, 4) is 0 Å². The Hall–Kier alpha value is 1.07. The van der Waals surface area contributed by atoms with E-state index in [1.54, 1.807) is 12.8 Å². The summed E-state index contributed by atoms with van der Waals surface area (Å²) in [5, 5.41) is 0. The van der Waals surface area contributed by atoms with Gasteiger partial charge in [-0.3, -0.25) is 9.11 Å². The number of hydrogen-bond donors (Lipinski definition) is 2. The van der Waals surface area contributed by atoms with Gasteiger partial charge in [0.05, 0.1) is 0 Å². The van der Waals surface area contributed by atoms with Gasteiger partial charge in [-0.05, 0) is 0 Å². The van der Waals surface area contributed by atoms with Gasteiger partial charge in [0.15, 0.2) is 0 Å². The SMILES string of the molecule is O=S(O)O.[Na][CH]1CCCCC1. The molecule has 0 unspecified atom stereocenters. The maximum atomic E-state index is 8.67. The van der Waals surface area contributed by atoms with Gasteiger partial charge in [0, 0.05) is 0 Å². The molecule has 0 aromatic heterocycles. The van der Waals surface area contributed by atoms with Crippen molar-refractivity contribution in [2.24, 2.45) is 0 Å². The minimum absolute atomic E-state index is 1.17. The second-order valence-corrected chi connectivity index (χ2v) is 5.07. The third-order valence-corrected chi connectivity index (χ3v) is 3.05. The van der Waals surface area contributed by atoms with Gasteiger partial charge >= 0.3 is 63.2 Å². The van der Waals surface area contributed by atoms with Crippen molar-refractivity contribution in [3.05, 3.63) is 0 Å². The van der Waals surface area contributed by atoms with Crippen molar-refractivity contribution >= 4 is 39.3 Å². The molecule has 1 saturated carbocycles. The van der Waals surface area contributed by atoms with Crippen molar-refractivity contribution in [1.82, 2.24) is 0 Å². The van der Waals surface area contributed by atoms with E-state index in [0.717, 1.165) is 0 Å². The molecule has 1 fully saturated rings. The van der Waals surface area contributed by atoms with Crippen LogP contribution in [-0.4, -0.2) is 41.2 Å². The van der Waals surface area contributed by atoms with Crippen molar-refractivity contribution in [1.29, 1.82) is 0 Å². The van der Waals surface area contributed by atoms with E-state index in [1.807, 2.05) is 0 Å². The average molecular weight is 188 g/mol. The fourth-order valence-electron chi connectivity index (χ4n) is 1.31. The van der Waals surface area contributed by atoms with E-state index < -0.39 is 11.4 Å². The maximum absolute atomic E-state index is 8.67. The van der Waals surface area contributed by atoms with E-state index in [-0.39, 0.29) is 0 Å². The van der Waals surface area contributed by atoms with Gasteiger partial charge in [0.2, 0.25) is 0 Å². The first-order valence-corrected chi connectivity index (χ1v) is 6.14. The molecule has 0 bridgehead atoms. The topological polar surface area (TPSA) is 57.5 Å². The first-order valence-electron chi connectivity index (χ1n) is 3.93. The Morgan fingerprint density at radius 3 is 1.73 bits per heavy atom. The van der Waals surface area contributed by atoms with E-state index in [2.05, 4.69) is 0 Å². The Kier molecular flexibility index (Phi) is 8.45. The number of rotatable bonds is 0. The molecule has 0 amide bonds. The van der Waals surface area contributed by atoms with Crippen molar-refractivity contribution in [2.75, 3.05) is 0 Å². The van der Waals surface area contributed by atoms with Gasteiger partial charge in [-0.15, -0.1) is 0 Å². The molecule has 0 aromatic rings. The second kappa shape index (κ2) is 7.71. The molecule has 2 N–H and O–H groups in total. The van der Waals surface area contributed by atoms with Gasteiger partial charge in [0.25, 0.3) is 11.4 Å². The van der Waals surface area contributed by atoms with Crippen LogP contribution in [0.25, 0.3) is 0 Å². The molecular weight excluding hydrogens is 175 g/mol. The summed E-state index contributed by atoms with van der Waals surface area (Å²) in [5.41, 5.74) is 0. The van der Waals surface area contributed by atoms with Gasteiger partial charge in [0.1, 0.15) is 0 Å². The Labute approximate surface area is 87.5 Å². The van der Waals surface area contributed by atoms with Crippen LogP contribution in [0.15, 0.2) is 0 Å². The first kappa shape index (κ1) is 12.1. The summed E-state index contributed by atoms with van der Waals surface area (Å²) in [6.07, 6.45) is 7.65. The third-order valence-electron chi connectivity index (χ3n) is 1.89. The quantitative estimate of drug-likeness (QED) is 0.448. The average Bonchev–Trinajstić information content (AvgIpc) is 1.87. The van der Waals surface area contributed by atoms with Crippen LogP contribution in [0.5, 0.6) is 0 Å². The minimum atomic E-state index is -2.61. The summed E-state index contributed by atoms with van der Waals surface area (Å²) in [6, 6.07) is 0. The van der Waals surface area contributed by atoms with Gasteiger partial charge < -0.3 is 0 Å². The third kappa shape index (κ3) is 11.1. The van der Waals surface area contributed by atoms with Crippen molar-refractivity contribution < 1.29 is 13.3 Å². The summed E-state index contributed by atoms with van der Waals surface area (Å²) in [6.45, 7) is 0. The van der Waals surface area contributed by atoms with Gasteiger partial charge in [-0.25, -0.2) is 0 Å². The molecule has 1 aliphatic rings. The van der Waals surface area contributed by atoms with Crippen LogP contribution in [-0.2, 0) is 11.4 Å². The summed E-state index contributed by atoms with van der Waals surface area (Å²) >= 11 is -1.16. The molecule has 5 heteroatoms. The number of hydrogen-bond acceptors (Lipinski definition) is 1. The van der Waals surface area contributed by atoms with Crippen molar-refractivity contribution in [3.63, 3.8) is 0 Å². The van der Waals surface area contributed by atoms with Crippen molar-refractivity contribution in [2.45, 2.75) is 35.3 Å². The summed E-state index contributed by atoms with van der Waals surface area (Å²) in [5.74, 6) is 0. The summed E-state index contributed by atoms with van der Waals surface area (Å²) in [4.78, 5) is 0. The Bertz CT molecular complexity index is 110. The normalized spacial score (nSPS) is 19.4. The van der Waals surface area contributed by atoms with E-state index in [4.69, 9.17) is 13.3 Å². The molecule has 0 radical (unpaired) electrons. The summed E-state index contributed by atoms with van der Waals surface area (Å²) < 4.78 is 24.0. The zero-order valence-corrected chi connectivity index (χ0v) is 9.64. The Morgan fingerprint density at radius 1 is 1.18 bits per heavy atom. The predicted molar refractivity (Wildman–Crippen MR) is 46.0 cm³/mol. The molecule has 0 aromatic carbocycles. The zero-order valence-electron chi connectivity index (χ0n) is 6.82. The fourth-order valence-corrected chi connectivity index (χ4v) is 2.12. The first-order chi connectivity index (χ1) is 5.13. The molecule has 0 spiro atoms. The van der Waals surface area contributed by atoms with Crippen LogP contribution in [0.4, 0.5) is 0 Å². The monoisotopic (exact) mass is 188 g/mol. The standard InChI is InChI=1S/C6H11.Na.H2O3S/c1-2-4-6-5-3-1;;1-4(2)3/h1H,2-6H2;;(H2,1,2,3). The molecule has 3 nitrogen and oxygen atoms in total. The van der Waals surface area contributed by atoms with Crippen LogP contribution < -0.4 is 0 Å².